The summed E-state index contributed by atoms with van der Waals surface area (Å²) in [6, 6.07) is 7.48. The zero-order chi connectivity index (χ0) is 20.5. The molecule has 4 nitrogen and oxygen atoms in total. The minimum atomic E-state index is -0.474. The third kappa shape index (κ3) is 5.78. The first-order chi connectivity index (χ1) is 13.5. The van der Waals surface area contributed by atoms with Gasteiger partial charge in [-0.2, -0.15) is 0 Å². The van der Waals surface area contributed by atoms with Crippen molar-refractivity contribution in [1.82, 2.24) is 4.98 Å². The highest BCUT2D eigenvalue weighted by atomic mass is 19.1. The minimum Gasteiger partial charge on any atom is -0.356 e. The van der Waals surface area contributed by atoms with Crippen LogP contribution in [-0.2, 0) is 0 Å². The van der Waals surface area contributed by atoms with Gasteiger partial charge in [-0.15, -0.1) is 0 Å². The second-order valence-corrected chi connectivity index (χ2v) is 6.79. The van der Waals surface area contributed by atoms with E-state index in [2.05, 4.69) is 10.3 Å². The molecule has 0 fully saturated rings. The zero-order valence-corrected chi connectivity index (χ0v) is 16.5. The summed E-state index contributed by atoms with van der Waals surface area (Å²) in [4.78, 5) is 19.3. The molecular weight excluding hydrogens is 359 g/mol. The van der Waals surface area contributed by atoms with Crippen LogP contribution in [0.5, 0.6) is 0 Å². The van der Waals surface area contributed by atoms with E-state index in [1.165, 1.54) is 6.20 Å². The molecule has 0 aliphatic rings. The molecule has 2 radical (unpaired) electrons. The number of benzene rings is 1. The van der Waals surface area contributed by atoms with Gasteiger partial charge in [0.05, 0.1) is 18.9 Å². The van der Waals surface area contributed by atoms with Gasteiger partial charge in [-0.1, -0.05) is 17.6 Å². The first kappa shape index (κ1) is 21.9. The van der Waals surface area contributed by atoms with Crippen LogP contribution in [0.3, 0.4) is 0 Å². The average Bonchev–Trinajstić information content (AvgIpc) is 2.66. The molecule has 0 saturated carbocycles. The summed E-state index contributed by atoms with van der Waals surface area (Å²) >= 11 is 0. The molecule has 2 aromatic rings. The average molecular weight is 385 g/mol. The van der Waals surface area contributed by atoms with Crippen LogP contribution < -0.4 is 15.7 Å². The van der Waals surface area contributed by atoms with Crippen molar-refractivity contribution in [2.75, 3.05) is 36.7 Å². The van der Waals surface area contributed by atoms with Crippen LogP contribution in [0.1, 0.15) is 40.7 Å². The fourth-order valence-corrected chi connectivity index (χ4v) is 3.00. The number of unbranched alkanes of at least 4 members (excludes halogenated alkanes) is 1. The number of carbonyl (C=O) groups excluding carboxylic acids is 1. The molecule has 1 aromatic carbocycles. The lowest BCUT2D eigenvalue weighted by molar-refractivity contribution is 0.102. The maximum Gasteiger partial charge on any atom is 0.259 e. The Labute approximate surface area is 166 Å². The summed E-state index contributed by atoms with van der Waals surface area (Å²) in [6.07, 6.45) is 2.81. The third-order valence-electron chi connectivity index (χ3n) is 4.53. The molecule has 0 spiro atoms. The van der Waals surface area contributed by atoms with Gasteiger partial charge in [0.2, 0.25) is 0 Å². The largest absolute Gasteiger partial charge is 0.356 e. The molecule has 28 heavy (non-hydrogen) atoms. The highest BCUT2D eigenvalue weighted by molar-refractivity contribution is 6.34. The van der Waals surface area contributed by atoms with Crippen molar-refractivity contribution in [2.45, 2.75) is 33.1 Å². The van der Waals surface area contributed by atoms with Gasteiger partial charge in [0.25, 0.3) is 5.91 Å². The fraction of sp³-hybridized carbons (Fsp3) is 0.429. The molecule has 0 aliphatic heterocycles. The number of hydrogen-bond acceptors (Lipinski definition) is 3. The first-order valence-corrected chi connectivity index (χ1v) is 9.48. The summed E-state index contributed by atoms with van der Waals surface area (Å²) in [5.74, 6) is 0.123. The fourth-order valence-electron chi connectivity index (χ4n) is 3.00. The van der Waals surface area contributed by atoms with Crippen LogP contribution in [0.4, 0.5) is 20.3 Å². The van der Waals surface area contributed by atoms with Crippen LogP contribution in [-0.4, -0.2) is 45.2 Å². The van der Waals surface area contributed by atoms with Gasteiger partial charge in [-0.3, -0.25) is 13.6 Å². The molecule has 0 bridgehead atoms. The quantitative estimate of drug-likeness (QED) is 0.502. The number of nitrogens with zero attached hydrogens (tertiary/aromatic N) is 2. The molecule has 2 rings (SSSR count). The number of rotatable bonds is 10. The molecule has 7 heteroatoms. The van der Waals surface area contributed by atoms with Crippen molar-refractivity contribution in [3.05, 3.63) is 47.2 Å². The van der Waals surface area contributed by atoms with E-state index in [0.29, 0.717) is 60.4 Å². The molecule has 0 unspecified atom stereocenters. The van der Waals surface area contributed by atoms with Gasteiger partial charge in [0, 0.05) is 25.0 Å². The molecule has 148 valence electrons. The number of carbonyl (C=O) groups is 1. The van der Waals surface area contributed by atoms with E-state index in [9.17, 15) is 13.6 Å². The van der Waals surface area contributed by atoms with Crippen molar-refractivity contribution < 1.29 is 13.6 Å². The lowest BCUT2D eigenvalue weighted by atomic mass is 9.90. The van der Waals surface area contributed by atoms with E-state index in [0.717, 1.165) is 5.56 Å². The Kier molecular flexibility index (Phi) is 8.42. The van der Waals surface area contributed by atoms with Crippen molar-refractivity contribution in [3.63, 3.8) is 0 Å². The van der Waals surface area contributed by atoms with Crippen LogP contribution in [0, 0.1) is 13.8 Å². The number of alkyl halides is 2. The van der Waals surface area contributed by atoms with E-state index in [4.69, 9.17) is 7.85 Å². The monoisotopic (exact) mass is 385 g/mol. The van der Waals surface area contributed by atoms with Gasteiger partial charge in [0.1, 0.15) is 13.7 Å². The van der Waals surface area contributed by atoms with E-state index in [-0.39, 0.29) is 5.91 Å². The Balaban J connectivity index is 2.37. The number of pyridine rings is 1. The Morgan fingerprint density at radius 1 is 1.14 bits per heavy atom. The van der Waals surface area contributed by atoms with Gasteiger partial charge < -0.3 is 10.2 Å². The number of halogens is 2. The normalized spacial score (nSPS) is 10.7. The van der Waals surface area contributed by atoms with E-state index < -0.39 is 13.3 Å². The summed E-state index contributed by atoms with van der Waals surface area (Å²) < 4.78 is 25.3. The Morgan fingerprint density at radius 3 is 2.54 bits per heavy atom. The highest BCUT2D eigenvalue weighted by Crippen LogP contribution is 2.23. The Bertz CT molecular complexity index is 801. The molecule has 0 aliphatic carbocycles. The number of nitrogens with one attached hydrogen (secondary N) is 1. The molecule has 1 heterocycles. The van der Waals surface area contributed by atoms with Gasteiger partial charge in [-0.05, 0) is 56.4 Å². The second kappa shape index (κ2) is 10.8. The lowest BCUT2D eigenvalue weighted by Crippen LogP contribution is -2.32. The number of amides is 1. The van der Waals surface area contributed by atoms with Crippen molar-refractivity contribution >= 4 is 30.7 Å². The Morgan fingerprint density at radius 2 is 1.86 bits per heavy atom. The standard InChI is InChI=1S/C21H26BF2N3O/c1-15-7-5-8-17(13-15)26-21(28)19-16(2)18(22)14-25-20(19)27(12-6-10-24)11-4-3-9-23/h5,7-8,13-14H,3-4,6,9-12H2,1-2H3,(H,26,28). The molecule has 0 atom stereocenters. The van der Waals surface area contributed by atoms with E-state index >= 15 is 0 Å². The summed E-state index contributed by atoms with van der Waals surface area (Å²) in [6.45, 7) is 3.71. The maximum atomic E-state index is 13.1. The lowest BCUT2D eigenvalue weighted by Gasteiger charge is -2.27. The zero-order valence-electron chi connectivity index (χ0n) is 16.5. The summed E-state index contributed by atoms with van der Waals surface area (Å²) in [5, 5.41) is 2.89. The van der Waals surface area contributed by atoms with E-state index in [1.54, 1.807) is 6.92 Å². The van der Waals surface area contributed by atoms with Crippen LogP contribution >= 0.6 is 0 Å². The molecule has 0 saturated heterocycles. The smallest absolute Gasteiger partial charge is 0.259 e. The first-order valence-electron chi connectivity index (χ1n) is 9.48. The molecule has 1 N–H and O–H groups in total. The Hall–Kier alpha value is -2.44. The van der Waals surface area contributed by atoms with Gasteiger partial charge in [0.15, 0.2) is 0 Å². The summed E-state index contributed by atoms with van der Waals surface area (Å²) in [7, 11) is 6.00. The number of hydrogen-bond donors (Lipinski definition) is 1. The number of aromatic nitrogens is 1. The second-order valence-electron chi connectivity index (χ2n) is 6.79. The van der Waals surface area contributed by atoms with Crippen LogP contribution in [0.25, 0.3) is 0 Å². The predicted octanol–water partition coefficient (Wildman–Crippen LogP) is 3.66. The third-order valence-corrected chi connectivity index (χ3v) is 4.53. The molecule has 1 amide bonds. The van der Waals surface area contributed by atoms with Crippen molar-refractivity contribution in [3.8, 4) is 0 Å². The number of aryl methyl sites for hydroxylation is 1. The van der Waals surface area contributed by atoms with Gasteiger partial charge in [-0.25, -0.2) is 4.98 Å². The van der Waals surface area contributed by atoms with Crippen molar-refractivity contribution in [2.24, 2.45) is 0 Å². The molecule has 1 aromatic heterocycles. The molecular formula is C21H26BF2N3O. The highest BCUT2D eigenvalue weighted by Gasteiger charge is 2.21. The SMILES string of the molecule is [B]c1cnc(N(CCCF)CCCCF)c(C(=O)Nc2cccc(C)c2)c1C. The minimum absolute atomic E-state index is 0.305. The van der Waals surface area contributed by atoms with Crippen molar-refractivity contribution in [1.29, 1.82) is 0 Å². The summed E-state index contributed by atoms with van der Waals surface area (Å²) in [5.41, 5.74) is 3.08. The van der Waals surface area contributed by atoms with E-state index in [1.807, 2.05) is 36.1 Å². The number of anilines is 2. The van der Waals surface area contributed by atoms with Gasteiger partial charge >= 0.3 is 0 Å². The van der Waals surface area contributed by atoms with Crippen LogP contribution in [0.15, 0.2) is 30.5 Å². The predicted molar refractivity (Wildman–Crippen MR) is 112 cm³/mol. The van der Waals surface area contributed by atoms with Crippen LogP contribution in [0.2, 0.25) is 0 Å². The maximum absolute atomic E-state index is 13.1. The topological polar surface area (TPSA) is 45.2 Å².